The summed E-state index contributed by atoms with van der Waals surface area (Å²) < 4.78 is 29.3. The fourth-order valence-corrected chi connectivity index (χ4v) is 4.12. The molecule has 2 fully saturated rings. The van der Waals surface area contributed by atoms with Gasteiger partial charge in [-0.2, -0.15) is 9.61 Å². The lowest BCUT2D eigenvalue weighted by Gasteiger charge is -2.36. The second-order valence-corrected chi connectivity index (χ2v) is 8.47. The number of aliphatic hydroxyl groups excluding tert-OH is 1. The maximum atomic E-state index is 13.3. The number of halogens is 2. The Morgan fingerprint density at radius 3 is 2.73 bits per heavy atom. The standard InChI is InChI=1S/C21H23F2N7O3/c1-24-17-7-16(26-14-3-2-6-29(20(14)33)11-8-21(22,23)9-11)28-18-12(10-25-30(17)18)19(32)27-13-4-5-15(13)31/h2-3,6-7,10-11,13,15,24,31H,4-5,8-9H2,1H3,(H,26,28)(H,27,32)/t13?,15-/m0/s1. The van der Waals surface area contributed by atoms with Crippen LogP contribution in [-0.4, -0.2) is 55.3 Å². The first kappa shape index (κ1) is 21.3. The van der Waals surface area contributed by atoms with Crippen molar-refractivity contribution in [1.82, 2.24) is 24.5 Å². The molecule has 2 aliphatic carbocycles. The zero-order valence-electron chi connectivity index (χ0n) is 17.8. The van der Waals surface area contributed by atoms with Crippen molar-refractivity contribution < 1.29 is 18.7 Å². The van der Waals surface area contributed by atoms with Crippen molar-refractivity contribution >= 4 is 28.9 Å². The average molecular weight is 459 g/mol. The summed E-state index contributed by atoms with van der Waals surface area (Å²) >= 11 is 0. The quantitative estimate of drug-likeness (QED) is 0.444. The summed E-state index contributed by atoms with van der Waals surface area (Å²) in [4.78, 5) is 30.1. The Labute approximate surface area is 186 Å². The van der Waals surface area contributed by atoms with Gasteiger partial charge in [0.15, 0.2) is 5.65 Å². The SMILES string of the molecule is CNc1cc(Nc2cccn(C3CC(F)(F)C3)c2=O)nc2c(C(=O)NC3CC[C@@H]3O)cnn12. The molecule has 0 aliphatic heterocycles. The fraction of sp³-hybridized carbons (Fsp3) is 0.429. The van der Waals surface area contributed by atoms with Gasteiger partial charge in [-0.3, -0.25) is 9.59 Å². The molecule has 2 atom stereocenters. The van der Waals surface area contributed by atoms with Gasteiger partial charge in [0.2, 0.25) is 0 Å². The van der Waals surface area contributed by atoms with Crippen LogP contribution in [0.3, 0.4) is 0 Å². The Balaban J connectivity index is 1.45. The van der Waals surface area contributed by atoms with Gasteiger partial charge in [0.05, 0.1) is 18.3 Å². The number of amides is 1. The second kappa shape index (κ2) is 7.80. The number of fused-ring (bicyclic) bond motifs is 1. The minimum atomic E-state index is -2.74. The molecule has 0 spiro atoms. The molecule has 0 bridgehead atoms. The molecule has 0 radical (unpaired) electrons. The number of carbonyl (C=O) groups excluding carboxylic acids is 1. The van der Waals surface area contributed by atoms with Crippen molar-refractivity contribution in [2.75, 3.05) is 17.7 Å². The Hall–Kier alpha value is -3.54. The molecule has 12 heteroatoms. The van der Waals surface area contributed by atoms with E-state index in [2.05, 4.69) is 26.0 Å². The highest BCUT2D eigenvalue weighted by Crippen LogP contribution is 2.44. The third-order valence-electron chi connectivity index (χ3n) is 6.23. The Bertz CT molecular complexity index is 1280. The Morgan fingerprint density at radius 2 is 2.09 bits per heavy atom. The molecule has 2 aliphatic rings. The molecule has 174 valence electrons. The number of carbonyl (C=O) groups is 1. The van der Waals surface area contributed by atoms with Crippen molar-refractivity contribution in [2.45, 2.75) is 49.8 Å². The second-order valence-electron chi connectivity index (χ2n) is 8.47. The minimum absolute atomic E-state index is 0.176. The van der Waals surface area contributed by atoms with Crippen LogP contribution in [0.15, 0.2) is 35.4 Å². The monoisotopic (exact) mass is 459 g/mol. The van der Waals surface area contributed by atoms with E-state index < -0.39 is 29.5 Å². The molecule has 0 saturated heterocycles. The highest BCUT2D eigenvalue weighted by Gasteiger charge is 2.46. The van der Waals surface area contributed by atoms with Crippen LogP contribution in [0.2, 0.25) is 0 Å². The van der Waals surface area contributed by atoms with E-state index in [1.54, 1.807) is 25.2 Å². The molecule has 3 aromatic rings. The average Bonchev–Trinajstić information content (AvgIpc) is 3.19. The van der Waals surface area contributed by atoms with Gasteiger partial charge in [-0.15, -0.1) is 0 Å². The first-order chi connectivity index (χ1) is 15.8. The van der Waals surface area contributed by atoms with Crippen LogP contribution in [-0.2, 0) is 0 Å². The van der Waals surface area contributed by atoms with Gasteiger partial charge >= 0.3 is 0 Å². The molecule has 3 aromatic heterocycles. The number of anilines is 3. The maximum absolute atomic E-state index is 13.3. The van der Waals surface area contributed by atoms with Crippen molar-refractivity contribution in [1.29, 1.82) is 0 Å². The van der Waals surface area contributed by atoms with E-state index in [4.69, 9.17) is 0 Å². The summed E-state index contributed by atoms with van der Waals surface area (Å²) in [7, 11) is 1.68. The maximum Gasteiger partial charge on any atom is 0.274 e. The van der Waals surface area contributed by atoms with E-state index >= 15 is 0 Å². The normalized spacial score (nSPS) is 21.8. The Kier molecular flexibility index (Phi) is 5.04. The predicted octanol–water partition coefficient (Wildman–Crippen LogP) is 1.90. The number of aromatic nitrogens is 4. The largest absolute Gasteiger partial charge is 0.391 e. The molecule has 2 saturated carbocycles. The van der Waals surface area contributed by atoms with Gasteiger partial charge in [0.25, 0.3) is 17.4 Å². The van der Waals surface area contributed by atoms with Crippen LogP contribution >= 0.6 is 0 Å². The van der Waals surface area contributed by atoms with Gasteiger partial charge in [-0.25, -0.2) is 13.8 Å². The number of nitrogens with zero attached hydrogens (tertiary/aromatic N) is 4. The number of aliphatic hydroxyl groups is 1. The van der Waals surface area contributed by atoms with E-state index in [9.17, 15) is 23.5 Å². The van der Waals surface area contributed by atoms with Gasteiger partial charge < -0.3 is 25.6 Å². The summed E-state index contributed by atoms with van der Waals surface area (Å²) in [6.07, 6.45) is 2.93. The van der Waals surface area contributed by atoms with Gasteiger partial charge in [-0.05, 0) is 25.0 Å². The van der Waals surface area contributed by atoms with Crippen molar-refractivity contribution in [3.05, 3.63) is 46.5 Å². The fourth-order valence-electron chi connectivity index (χ4n) is 4.12. The number of nitrogens with one attached hydrogen (secondary N) is 3. The molecule has 10 nitrogen and oxygen atoms in total. The van der Waals surface area contributed by atoms with E-state index in [-0.39, 0.29) is 41.6 Å². The van der Waals surface area contributed by atoms with Gasteiger partial charge in [0, 0.05) is 38.2 Å². The zero-order chi connectivity index (χ0) is 23.3. The predicted molar refractivity (Wildman–Crippen MR) is 116 cm³/mol. The molecular formula is C21H23F2N7O3. The highest BCUT2D eigenvalue weighted by molar-refractivity contribution is 6.00. The topological polar surface area (TPSA) is 126 Å². The van der Waals surface area contributed by atoms with Crippen molar-refractivity contribution in [3.63, 3.8) is 0 Å². The summed E-state index contributed by atoms with van der Waals surface area (Å²) in [5.41, 5.74) is 0.216. The summed E-state index contributed by atoms with van der Waals surface area (Å²) in [6.45, 7) is 0. The molecule has 4 N–H and O–H groups in total. The molecule has 5 rings (SSSR count). The molecule has 1 amide bonds. The summed E-state index contributed by atoms with van der Waals surface area (Å²) in [5, 5.41) is 22.7. The number of rotatable bonds is 6. The number of hydrogen-bond acceptors (Lipinski definition) is 7. The van der Waals surface area contributed by atoms with E-state index in [1.165, 1.54) is 21.5 Å². The minimum Gasteiger partial charge on any atom is -0.391 e. The molecule has 0 aromatic carbocycles. The van der Waals surface area contributed by atoms with Gasteiger partial charge in [-0.1, -0.05) is 0 Å². The third kappa shape index (κ3) is 3.80. The number of pyridine rings is 1. The third-order valence-corrected chi connectivity index (χ3v) is 6.23. The molecule has 33 heavy (non-hydrogen) atoms. The molecule has 3 heterocycles. The van der Waals surface area contributed by atoms with E-state index in [0.717, 1.165) is 0 Å². The van der Waals surface area contributed by atoms with Crippen LogP contribution in [0.5, 0.6) is 0 Å². The van der Waals surface area contributed by atoms with E-state index in [1.807, 2.05) is 0 Å². The van der Waals surface area contributed by atoms with Crippen LogP contribution in [0.4, 0.5) is 26.1 Å². The van der Waals surface area contributed by atoms with Crippen LogP contribution < -0.4 is 21.5 Å². The van der Waals surface area contributed by atoms with Crippen LogP contribution in [0, 0.1) is 0 Å². The highest BCUT2D eigenvalue weighted by atomic mass is 19.3. The number of hydrogen-bond donors (Lipinski definition) is 4. The summed E-state index contributed by atoms with van der Waals surface area (Å²) in [5.74, 6) is -2.36. The molecular weight excluding hydrogens is 436 g/mol. The zero-order valence-corrected chi connectivity index (χ0v) is 17.8. The first-order valence-electron chi connectivity index (χ1n) is 10.7. The van der Waals surface area contributed by atoms with E-state index in [0.29, 0.717) is 18.7 Å². The smallest absolute Gasteiger partial charge is 0.274 e. The lowest BCUT2D eigenvalue weighted by Crippen LogP contribution is -2.50. The van der Waals surface area contributed by atoms with Gasteiger partial charge in [0.1, 0.15) is 22.9 Å². The number of alkyl halides is 2. The first-order valence-corrected chi connectivity index (χ1v) is 10.7. The van der Waals surface area contributed by atoms with Crippen molar-refractivity contribution in [3.8, 4) is 0 Å². The lowest BCUT2D eigenvalue weighted by atomic mass is 9.88. The van der Waals surface area contributed by atoms with Crippen LogP contribution in [0.1, 0.15) is 42.1 Å². The molecule has 1 unspecified atom stereocenters. The Morgan fingerprint density at radius 1 is 1.30 bits per heavy atom. The van der Waals surface area contributed by atoms with Crippen LogP contribution in [0.25, 0.3) is 5.65 Å². The lowest BCUT2D eigenvalue weighted by molar-refractivity contribution is -0.104. The summed E-state index contributed by atoms with van der Waals surface area (Å²) in [6, 6.07) is 3.91. The van der Waals surface area contributed by atoms with Crippen molar-refractivity contribution in [2.24, 2.45) is 0 Å².